The average molecular weight is 355 g/mol. The molecular weight excluding hydrogens is 345 g/mol. The molecule has 1 aromatic carbocycles. The molecule has 0 atom stereocenters. The molecule has 0 radical (unpaired) electrons. The molecule has 0 aliphatic carbocycles. The highest BCUT2D eigenvalue weighted by Crippen LogP contribution is 2.27. The van der Waals surface area contributed by atoms with E-state index in [0.29, 0.717) is 12.1 Å². The number of alkyl halides is 3. The molecule has 2 aromatic rings. The lowest BCUT2D eigenvalue weighted by molar-refractivity contribution is -0.141. The Morgan fingerprint density at radius 2 is 1.87 bits per heavy atom. The van der Waals surface area contributed by atoms with Gasteiger partial charge in [-0.1, -0.05) is 0 Å². The molecule has 0 spiro atoms. The van der Waals surface area contributed by atoms with Gasteiger partial charge in [0.15, 0.2) is 5.69 Å². The Morgan fingerprint density at radius 1 is 1.17 bits per heavy atom. The molecule has 5 nitrogen and oxygen atoms in total. The zero-order chi connectivity index (χ0) is 17.3. The second kappa shape index (κ2) is 6.24. The van der Waals surface area contributed by atoms with Crippen molar-refractivity contribution < 1.29 is 30.4 Å². The van der Waals surface area contributed by atoms with Crippen LogP contribution in [-0.4, -0.2) is 24.7 Å². The van der Waals surface area contributed by atoms with Gasteiger partial charge in [0.2, 0.25) is 10.0 Å². The SMILES string of the molecule is O=S(=O)(NCCn1ccc(C(F)(F)F)n1)c1cc(F)ccc1F. The molecule has 126 valence electrons. The summed E-state index contributed by atoms with van der Waals surface area (Å²) in [6.45, 7) is -0.566. The lowest BCUT2D eigenvalue weighted by Gasteiger charge is -2.08. The van der Waals surface area contributed by atoms with E-state index in [4.69, 9.17) is 0 Å². The molecule has 0 unspecified atom stereocenters. The lowest BCUT2D eigenvalue weighted by atomic mass is 10.3. The van der Waals surface area contributed by atoms with Crippen molar-refractivity contribution in [3.63, 3.8) is 0 Å². The summed E-state index contributed by atoms with van der Waals surface area (Å²) >= 11 is 0. The maximum Gasteiger partial charge on any atom is 0.435 e. The highest BCUT2D eigenvalue weighted by Gasteiger charge is 2.33. The van der Waals surface area contributed by atoms with Crippen molar-refractivity contribution in [3.05, 3.63) is 47.8 Å². The molecule has 23 heavy (non-hydrogen) atoms. The smallest absolute Gasteiger partial charge is 0.271 e. The number of benzene rings is 1. The highest BCUT2D eigenvalue weighted by molar-refractivity contribution is 7.89. The van der Waals surface area contributed by atoms with E-state index in [-0.39, 0.29) is 13.1 Å². The molecule has 0 fully saturated rings. The number of nitrogens with zero attached hydrogens (tertiary/aromatic N) is 2. The van der Waals surface area contributed by atoms with E-state index in [1.807, 2.05) is 4.72 Å². The van der Waals surface area contributed by atoms with Gasteiger partial charge in [-0.15, -0.1) is 0 Å². The van der Waals surface area contributed by atoms with Gasteiger partial charge in [0, 0.05) is 12.7 Å². The Balaban J connectivity index is 2.03. The van der Waals surface area contributed by atoms with Crippen LogP contribution in [0, 0.1) is 11.6 Å². The van der Waals surface area contributed by atoms with Crippen LogP contribution in [-0.2, 0) is 22.7 Å². The fourth-order valence-corrected chi connectivity index (χ4v) is 2.80. The largest absolute Gasteiger partial charge is 0.435 e. The minimum absolute atomic E-state index is 0.216. The van der Waals surface area contributed by atoms with E-state index in [9.17, 15) is 30.4 Å². The monoisotopic (exact) mass is 355 g/mol. The van der Waals surface area contributed by atoms with Crippen LogP contribution in [0.4, 0.5) is 22.0 Å². The molecule has 2 rings (SSSR count). The van der Waals surface area contributed by atoms with E-state index in [1.165, 1.54) is 0 Å². The molecule has 1 heterocycles. The summed E-state index contributed by atoms with van der Waals surface area (Å²) in [5.74, 6) is -2.08. The highest BCUT2D eigenvalue weighted by atomic mass is 32.2. The molecular formula is C12H10F5N3O2S. The second-order valence-corrected chi connectivity index (χ2v) is 6.17. The van der Waals surface area contributed by atoms with Gasteiger partial charge in [0.05, 0.1) is 6.54 Å². The van der Waals surface area contributed by atoms with Crippen molar-refractivity contribution in [2.75, 3.05) is 6.54 Å². The zero-order valence-corrected chi connectivity index (χ0v) is 12.1. The number of rotatable bonds is 5. The minimum atomic E-state index is -4.60. The van der Waals surface area contributed by atoms with Crippen LogP contribution in [0.2, 0.25) is 0 Å². The average Bonchev–Trinajstić information content (AvgIpc) is 2.90. The molecule has 0 bridgehead atoms. The molecule has 0 aliphatic rings. The van der Waals surface area contributed by atoms with Crippen molar-refractivity contribution >= 4 is 10.0 Å². The number of hydrogen-bond acceptors (Lipinski definition) is 3. The molecule has 0 saturated heterocycles. The standard InChI is InChI=1S/C12H10F5N3O2S/c13-8-1-2-9(14)10(7-8)23(21,22)18-4-6-20-5-3-11(19-20)12(15,16)17/h1-3,5,7,18H,4,6H2. The summed E-state index contributed by atoms with van der Waals surface area (Å²) in [6, 6.07) is 2.66. The molecule has 0 aliphatic heterocycles. The van der Waals surface area contributed by atoms with Crippen LogP contribution in [0.5, 0.6) is 0 Å². The van der Waals surface area contributed by atoms with E-state index in [2.05, 4.69) is 5.10 Å². The van der Waals surface area contributed by atoms with Crippen molar-refractivity contribution in [3.8, 4) is 0 Å². The van der Waals surface area contributed by atoms with Crippen molar-refractivity contribution in [2.24, 2.45) is 0 Å². The Kier molecular flexibility index (Phi) is 4.71. The Labute approximate surface area is 127 Å². The third-order valence-corrected chi connectivity index (χ3v) is 4.22. The number of halogens is 5. The van der Waals surface area contributed by atoms with E-state index in [0.717, 1.165) is 23.0 Å². The van der Waals surface area contributed by atoms with Crippen LogP contribution in [0.3, 0.4) is 0 Å². The van der Waals surface area contributed by atoms with E-state index >= 15 is 0 Å². The maximum absolute atomic E-state index is 13.4. The van der Waals surface area contributed by atoms with E-state index < -0.39 is 38.4 Å². The van der Waals surface area contributed by atoms with Gasteiger partial charge in [-0.2, -0.15) is 18.3 Å². The predicted molar refractivity (Wildman–Crippen MR) is 68.8 cm³/mol. The number of nitrogens with one attached hydrogen (secondary N) is 1. The minimum Gasteiger partial charge on any atom is -0.271 e. The van der Waals surface area contributed by atoms with Crippen LogP contribution < -0.4 is 4.72 Å². The summed E-state index contributed by atoms with van der Waals surface area (Å²) in [4.78, 5) is -0.881. The summed E-state index contributed by atoms with van der Waals surface area (Å²) < 4.78 is 90.0. The van der Waals surface area contributed by atoms with Crippen LogP contribution in [0.15, 0.2) is 35.4 Å². The molecule has 1 N–H and O–H groups in total. The zero-order valence-electron chi connectivity index (χ0n) is 11.3. The van der Waals surface area contributed by atoms with Crippen molar-refractivity contribution in [1.82, 2.24) is 14.5 Å². The summed E-state index contributed by atoms with van der Waals surface area (Å²) in [7, 11) is -4.33. The van der Waals surface area contributed by atoms with Gasteiger partial charge in [-0.25, -0.2) is 21.9 Å². The predicted octanol–water partition coefficient (Wildman–Crippen LogP) is 2.16. The topological polar surface area (TPSA) is 64.0 Å². The van der Waals surface area contributed by atoms with Crippen molar-refractivity contribution in [2.45, 2.75) is 17.6 Å². The fourth-order valence-electron chi connectivity index (χ4n) is 1.69. The van der Waals surface area contributed by atoms with Gasteiger partial charge in [-0.3, -0.25) is 4.68 Å². The van der Waals surface area contributed by atoms with Gasteiger partial charge in [-0.05, 0) is 24.3 Å². The van der Waals surface area contributed by atoms with Gasteiger partial charge in [0.1, 0.15) is 16.5 Å². The number of aromatic nitrogens is 2. The van der Waals surface area contributed by atoms with Crippen LogP contribution in [0.25, 0.3) is 0 Å². The second-order valence-electron chi connectivity index (χ2n) is 4.43. The molecule has 0 saturated carbocycles. The third-order valence-electron chi connectivity index (χ3n) is 2.75. The van der Waals surface area contributed by atoms with Crippen LogP contribution >= 0.6 is 0 Å². The first-order valence-corrected chi connectivity index (χ1v) is 7.63. The number of hydrogen-bond donors (Lipinski definition) is 1. The van der Waals surface area contributed by atoms with Crippen LogP contribution in [0.1, 0.15) is 5.69 Å². The van der Waals surface area contributed by atoms with Crippen molar-refractivity contribution in [1.29, 1.82) is 0 Å². The quantitative estimate of drug-likeness (QED) is 0.836. The molecule has 11 heteroatoms. The van der Waals surface area contributed by atoms with E-state index in [1.54, 1.807) is 0 Å². The first kappa shape index (κ1) is 17.3. The Bertz CT molecular complexity index is 801. The first-order valence-electron chi connectivity index (χ1n) is 6.15. The Hall–Kier alpha value is -2.01. The fraction of sp³-hybridized carbons (Fsp3) is 0.250. The van der Waals surface area contributed by atoms with Gasteiger partial charge >= 0.3 is 6.18 Å². The maximum atomic E-state index is 13.4. The third kappa shape index (κ3) is 4.26. The van der Waals surface area contributed by atoms with Gasteiger partial charge in [0.25, 0.3) is 0 Å². The normalized spacial score (nSPS) is 12.6. The first-order chi connectivity index (χ1) is 10.6. The summed E-state index contributed by atoms with van der Waals surface area (Å²) in [5, 5.41) is 3.23. The molecule has 1 aromatic heterocycles. The lowest BCUT2D eigenvalue weighted by Crippen LogP contribution is -2.28. The number of sulfonamides is 1. The Morgan fingerprint density at radius 3 is 2.48 bits per heavy atom. The molecule has 0 amide bonds. The van der Waals surface area contributed by atoms with Gasteiger partial charge < -0.3 is 0 Å². The summed E-state index contributed by atoms with van der Waals surface area (Å²) in [5.41, 5.74) is -1.11. The summed E-state index contributed by atoms with van der Waals surface area (Å²) in [6.07, 6.45) is -3.57.